The van der Waals surface area contributed by atoms with Crippen LogP contribution in [0.15, 0.2) is 47.3 Å². The Labute approximate surface area is 159 Å². The fourth-order valence-electron chi connectivity index (χ4n) is 3.45. The molecule has 2 aromatic carbocycles. The fraction of sp³-hybridized carbons (Fsp3) is 0.300. The maximum absolute atomic E-state index is 13.4. The Morgan fingerprint density at radius 2 is 1.79 bits per heavy atom. The average molecular weight is 389 g/mol. The van der Waals surface area contributed by atoms with Crippen molar-refractivity contribution in [3.05, 3.63) is 64.1 Å². The molecule has 8 heteroatoms. The summed E-state index contributed by atoms with van der Waals surface area (Å²) in [5.41, 5.74) is 0.0520. The molecule has 3 aromatic rings. The van der Waals surface area contributed by atoms with Gasteiger partial charge in [0.15, 0.2) is 0 Å². The number of aryl methyl sites for hydroxylation is 1. The molecule has 0 bridgehead atoms. The normalized spacial score (nSPS) is 15.2. The molecule has 2 heterocycles. The van der Waals surface area contributed by atoms with Gasteiger partial charge in [-0.25, -0.2) is 4.79 Å². The first-order chi connectivity index (χ1) is 13.4. The second kappa shape index (κ2) is 6.94. The lowest BCUT2D eigenvalue weighted by atomic mass is 10.1. The van der Waals surface area contributed by atoms with Crippen LogP contribution in [0.3, 0.4) is 0 Å². The standard InChI is InChI=1S/C20H18F3N3O2/c1-13-4-2-3-5-16(13)26-17-12-14(20(21,22)23)6-7-15(17)18(24-19(26)27)25-8-10-28-11-9-25/h2-7,12H,8-11H2,1H3. The first-order valence-corrected chi connectivity index (χ1v) is 8.89. The van der Waals surface area contributed by atoms with Crippen molar-refractivity contribution in [2.24, 2.45) is 0 Å². The summed E-state index contributed by atoms with van der Waals surface area (Å²) >= 11 is 0. The Hall–Kier alpha value is -2.87. The van der Waals surface area contributed by atoms with E-state index in [-0.39, 0.29) is 5.52 Å². The Bertz CT molecular complexity index is 1090. The highest BCUT2D eigenvalue weighted by atomic mass is 19.4. The summed E-state index contributed by atoms with van der Waals surface area (Å²) in [7, 11) is 0. The number of benzene rings is 2. The Morgan fingerprint density at radius 3 is 2.46 bits per heavy atom. The van der Waals surface area contributed by atoms with E-state index in [1.165, 1.54) is 10.6 Å². The largest absolute Gasteiger partial charge is 0.416 e. The number of ether oxygens (including phenoxy) is 1. The number of nitrogens with zero attached hydrogens (tertiary/aromatic N) is 3. The quantitative estimate of drug-likeness (QED) is 0.673. The number of para-hydroxylation sites is 1. The molecule has 0 N–H and O–H groups in total. The van der Waals surface area contributed by atoms with Crippen LogP contribution < -0.4 is 10.6 Å². The molecule has 1 saturated heterocycles. The summed E-state index contributed by atoms with van der Waals surface area (Å²) in [4.78, 5) is 19.0. The van der Waals surface area contributed by atoms with Crippen molar-refractivity contribution in [2.75, 3.05) is 31.2 Å². The minimum Gasteiger partial charge on any atom is -0.378 e. The van der Waals surface area contributed by atoms with E-state index in [0.29, 0.717) is 43.2 Å². The second-order valence-corrected chi connectivity index (χ2v) is 6.67. The molecule has 0 amide bonds. The molecule has 146 valence electrons. The van der Waals surface area contributed by atoms with Crippen molar-refractivity contribution in [3.8, 4) is 5.69 Å². The first-order valence-electron chi connectivity index (χ1n) is 8.89. The summed E-state index contributed by atoms with van der Waals surface area (Å²) < 4.78 is 46.7. The molecule has 0 aliphatic carbocycles. The zero-order valence-electron chi connectivity index (χ0n) is 15.2. The van der Waals surface area contributed by atoms with Gasteiger partial charge in [-0.2, -0.15) is 18.2 Å². The van der Waals surface area contributed by atoms with Crippen LogP contribution in [0.5, 0.6) is 0 Å². The predicted octanol–water partition coefficient (Wildman–Crippen LogP) is 3.55. The van der Waals surface area contributed by atoms with E-state index in [1.54, 1.807) is 25.1 Å². The molecule has 1 aromatic heterocycles. The van der Waals surface area contributed by atoms with Gasteiger partial charge in [0.2, 0.25) is 0 Å². The van der Waals surface area contributed by atoms with Gasteiger partial charge in [-0.05, 0) is 36.8 Å². The van der Waals surface area contributed by atoms with Crippen LogP contribution in [-0.2, 0) is 10.9 Å². The van der Waals surface area contributed by atoms with E-state index < -0.39 is 17.4 Å². The lowest BCUT2D eigenvalue weighted by molar-refractivity contribution is -0.137. The molecular formula is C20H18F3N3O2. The Morgan fingerprint density at radius 1 is 1.07 bits per heavy atom. The maximum Gasteiger partial charge on any atom is 0.416 e. The van der Waals surface area contributed by atoms with Crippen LogP contribution in [0.2, 0.25) is 0 Å². The van der Waals surface area contributed by atoms with Crippen LogP contribution in [0.4, 0.5) is 19.0 Å². The molecule has 28 heavy (non-hydrogen) atoms. The van der Waals surface area contributed by atoms with Gasteiger partial charge in [0.1, 0.15) is 5.82 Å². The van der Waals surface area contributed by atoms with E-state index in [0.717, 1.165) is 17.7 Å². The van der Waals surface area contributed by atoms with Gasteiger partial charge in [0.05, 0.1) is 30.0 Å². The van der Waals surface area contributed by atoms with Gasteiger partial charge in [-0.15, -0.1) is 0 Å². The van der Waals surface area contributed by atoms with Crippen LogP contribution in [0.1, 0.15) is 11.1 Å². The van der Waals surface area contributed by atoms with E-state index in [2.05, 4.69) is 4.98 Å². The molecule has 1 aliphatic heterocycles. The van der Waals surface area contributed by atoms with E-state index in [1.807, 2.05) is 11.0 Å². The minimum absolute atomic E-state index is 0.186. The SMILES string of the molecule is Cc1ccccc1-n1c(=O)nc(N2CCOCC2)c2ccc(C(F)(F)F)cc21. The monoisotopic (exact) mass is 389 g/mol. The highest BCUT2D eigenvalue weighted by molar-refractivity contribution is 5.91. The molecule has 4 rings (SSSR count). The van der Waals surface area contributed by atoms with Crippen molar-refractivity contribution < 1.29 is 17.9 Å². The molecule has 0 saturated carbocycles. The number of hydrogen-bond donors (Lipinski definition) is 0. The zero-order valence-corrected chi connectivity index (χ0v) is 15.2. The highest BCUT2D eigenvalue weighted by Crippen LogP contribution is 2.34. The highest BCUT2D eigenvalue weighted by Gasteiger charge is 2.31. The van der Waals surface area contributed by atoms with Gasteiger partial charge in [0, 0.05) is 18.5 Å². The summed E-state index contributed by atoms with van der Waals surface area (Å²) in [5.74, 6) is 0.391. The minimum atomic E-state index is -4.51. The van der Waals surface area contributed by atoms with Gasteiger partial charge in [-0.1, -0.05) is 18.2 Å². The number of halogens is 3. The molecule has 0 radical (unpaired) electrons. The predicted molar refractivity (Wildman–Crippen MR) is 100 cm³/mol. The van der Waals surface area contributed by atoms with E-state index in [4.69, 9.17) is 4.74 Å². The molecule has 0 atom stereocenters. The summed E-state index contributed by atoms with van der Waals surface area (Å²) in [6.45, 7) is 3.81. The number of anilines is 1. The van der Waals surface area contributed by atoms with Crippen molar-refractivity contribution >= 4 is 16.7 Å². The third-order valence-corrected chi connectivity index (χ3v) is 4.87. The molecule has 0 spiro atoms. The van der Waals surface area contributed by atoms with Crippen LogP contribution in [-0.4, -0.2) is 35.9 Å². The van der Waals surface area contributed by atoms with E-state index >= 15 is 0 Å². The molecule has 1 fully saturated rings. The second-order valence-electron chi connectivity index (χ2n) is 6.67. The van der Waals surface area contributed by atoms with Crippen molar-refractivity contribution in [1.29, 1.82) is 0 Å². The Kier molecular flexibility index (Phi) is 4.58. The summed E-state index contributed by atoms with van der Waals surface area (Å²) in [6, 6.07) is 10.5. The van der Waals surface area contributed by atoms with Gasteiger partial charge in [0.25, 0.3) is 0 Å². The topological polar surface area (TPSA) is 47.4 Å². The lowest BCUT2D eigenvalue weighted by Crippen LogP contribution is -2.38. The first kappa shape index (κ1) is 18.5. The maximum atomic E-state index is 13.4. The van der Waals surface area contributed by atoms with Gasteiger partial charge < -0.3 is 9.64 Å². The number of fused-ring (bicyclic) bond motifs is 1. The smallest absolute Gasteiger partial charge is 0.378 e. The number of aromatic nitrogens is 2. The lowest BCUT2D eigenvalue weighted by Gasteiger charge is -2.29. The third kappa shape index (κ3) is 3.24. The van der Waals surface area contributed by atoms with Crippen molar-refractivity contribution in [2.45, 2.75) is 13.1 Å². The number of hydrogen-bond acceptors (Lipinski definition) is 4. The molecule has 0 unspecified atom stereocenters. The van der Waals surface area contributed by atoms with Gasteiger partial charge >= 0.3 is 11.9 Å². The van der Waals surface area contributed by atoms with Gasteiger partial charge in [-0.3, -0.25) is 4.57 Å². The third-order valence-electron chi connectivity index (χ3n) is 4.87. The molecule has 5 nitrogen and oxygen atoms in total. The van der Waals surface area contributed by atoms with Crippen molar-refractivity contribution in [1.82, 2.24) is 9.55 Å². The van der Waals surface area contributed by atoms with Crippen LogP contribution >= 0.6 is 0 Å². The number of alkyl halides is 3. The summed E-state index contributed by atoms with van der Waals surface area (Å²) in [6.07, 6.45) is -4.51. The number of rotatable bonds is 2. The van der Waals surface area contributed by atoms with E-state index in [9.17, 15) is 18.0 Å². The number of morpholine rings is 1. The molecular weight excluding hydrogens is 371 g/mol. The summed E-state index contributed by atoms with van der Waals surface area (Å²) in [5, 5.41) is 0.498. The zero-order chi connectivity index (χ0) is 19.9. The van der Waals surface area contributed by atoms with Crippen LogP contribution in [0, 0.1) is 6.92 Å². The van der Waals surface area contributed by atoms with Crippen LogP contribution in [0.25, 0.3) is 16.6 Å². The van der Waals surface area contributed by atoms with Crippen molar-refractivity contribution in [3.63, 3.8) is 0 Å². The average Bonchev–Trinajstić information content (AvgIpc) is 2.68. The molecule has 1 aliphatic rings. The Balaban J connectivity index is 2.04. The fourth-order valence-corrected chi connectivity index (χ4v) is 3.45.